The smallest absolute Gasteiger partial charge is 0.115 e. The summed E-state index contributed by atoms with van der Waals surface area (Å²) in [5, 5.41) is 13.1. The van der Waals surface area contributed by atoms with Crippen molar-refractivity contribution in [3.05, 3.63) is 29.8 Å². The molecule has 0 aromatic heterocycles. The van der Waals surface area contributed by atoms with Crippen molar-refractivity contribution in [1.82, 2.24) is 5.32 Å². The molecule has 2 N–H and O–H groups in total. The van der Waals surface area contributed by atoms with E-state index in [0.29, 0.717) is 17.8 Å². The van der Waals surface area contributed by atoms with Crippen LogP contribution < -0.4 is 5.32 Å². The van der Waals surface area contributed by atoms with Crippen LogP contribution in [0.2, 0.25) is 0 Å². The van der Waals surface area contributed by atoms with Gasteiger partial charge < -0.3 is 10.4 Å². The van der Waals surface area contributed by atoms with Crippen LogP contribution in [0.4, 0.5) is 0 Å². The van der Waals surface area contributed by atoms with Gasteiger partial charge in [-0.25, -0.2) is 0 Å². The molecule has 18 heavy (non-hydrogen) atoms. The summed E-state index contributed by atoms with van der Waals surface area (Å²) in [7, 11) is 0. The molecular weight excluding hydrogens is 222 g/mol. The van der Waals surface area contributed by atoms with Crippen molar-refractivity contribution in [2.24, 2.45) is 11.8 Å². The summed E-state index contributed by atoms with van der Waals surface area (Å²) in [4.78, 5) is 0. The first-order chi connectivity index (χ1) is 8.58. The minimum atomic E-state index is 0.339. The SMILES string of the molecule is CC(NC1CCCC(C)C1C)c1ccc(O)cc1. The van der Waals surface area contributed by atoms with Gasteiger partial charge in [-0.05, 0) is 42.9 Å². The van der Waals surface area contributed by atoms with Crippen molar-refractivity contribution >= 4 is 0 Å². The van der Waals surface area contributed by atoms with Gasteiger partial charge in [-0.3, -0.25) is 0 Å². The van der Waals surface area contributed by atoms with Gasteiger partial charge >= 0.3 is 0 Å². The normalized spacial score (nSPS) is 30.1. The maximum absolute atomic E-state index is 9.32. The first-order valence-corrected chi connectivity index (χ1v) is 7.13. The lowest BCUT2D eigenvalue weighted by molar-refractivity contribution is 0.196. The lowest BCUT2D eigenvalue weighted by Gasteiger charge is -2.36. The number of nitrogens with one attached hydrogen (secondary N) is 1. The summed E-state index contributed by atoms with van der Waals surface area (Å²) >= 11 is 0. The van der Waals surface area contributed by atoms with E-state index in [9.17, 15) is 5.11 Å². The third-order valence-electron chi connectivity index (χ3n) is 4.56. The highest BCUT2D eigenvalue weighted by Crippen LogP contribution is 2.31. The molecule has 0 bridgehead atoms. The topological polar surface area (TPSA) is 32.3 Å². The number of rotatable bonds is 3. The molecule has 0 aliphatic heterocycles. The average molecular weight is 247 g/mol. The molecule has 4 atom stereocenters. The first kappa shape index (κ1) is 13.4. The van der Waals surface area contributed by atoms with E-state index >= 15 is 0 Å². The van der Waals surface area contributed by atoms with Gasteiger partial charge in [0.2, 0.25) is 0 Å². The zero-order chi connectivity index (χ0) is 13.1. The van der Waals surface area contributed by atoms with Crippen molar-refractivity contribution in [3.63, 3.8) is 0 Å². The Morgan fingerprint density at radius 1 is 1.17 bits per heavy atom. The van der Waals surface area contributed by atoms with Gasteiger partial charge in [0, 0.05) is 12.1 Å². The zero-order valence-electron chi connectivity index (χ0n) is 11.7. The molecule has 1 aliphatic carbocycles. The zero-order valence-corrected chi connectivity index (χ0v) is 11.7. The van der Waals surface area contributed by atoms with Crippen molar-refractivity contribution in [3.8, 4) is 5.75 Å². The fraction of sp³-hybridized carbons (Fsp3) is 0.625. The second-order valence-electron chi connectivity index (χ2n) is 5.85. The van der Waals surface area contributed by atoms with E-state index in [1.54, 1.807) is 12.1 Å². The second kappa shape index (κ2) is 5.75. The Kier molecular flexibility index (Phi) is 4.28. The van der Waals surface area contributed by atoms with Gasteiger partial charge in [0.05, 0.1) is 0 Å². The monoisotopic (exact) mass is 247 g/mol. The van der Waals surface area contributed by atoms with Crippen LogP contribution in [0.15, 0.2) is 24.3 Å². The summed E-state index contributed by atoms with van der Waals surface area (Å²) in [6.07, 6.45) is 3.99. The van der Waals surface area contributed by atoms with Crippen LogP contribution in [0.1, 0.15) is 51.6 Å². The standard InChI is InChI=1S/C16H25NO/c1-11-5-4-6-16(12(11)2)17-13(3)14-7-9-15(18)10-8-14/h7-13,16-18H,4-6H2,1-3H3. The molecular formula is C16H25NO. The molecule has 1 aromatic rings. The Hall–Kier alpha value is -1.02. The lowest BCUT2D eigenvalue weighted by atomic mass is 9.77. The highest BCUT2D eigenvalue weighted by atomic mass is 16.3. The quantitative estimate of drug-likeness (QED) is 0.850. The molecule has 1 aliphatic rings. The molecule has 2 rings (SSSR count). The van der Waals surface area contributed by atoms with E-state index in [-0.39, 0.29) is 0 Å². The summed E-state index contributed by atoms with van der Waals surface area (Å²) < 4.78 is 0. The molecule has 100 valence electrons. The average Bonchev–Trinajstić information content (AvgIpc) is 2.36. The van der Waals surface area contributed by atoms with Crippen LogP contribution in [0.25, 0.3) is 0 Å². The third-order valence-corrected chi connectivity index (χ3v) is 4.56. The van der Waals surface area contributed by atoms with E-state index in [1.807, 2.05) is 12.1 Å². The first-order valence-electron chi connectivity index (χ1n) is 7.13. The van der Waals surface area contributed by atoms with Crippen LogP contribution in [-0.2, 0) is 0 Å². The molecule has 2 heteroatoms. The van der Waals surface area contributed by atoms with Crippen molar-refractivity contribution < 1.29 is 5.11 Å². The number of phenolic OH excluding ortho intramolecular Hbond substituents is 1. The van der Waals surface area contributed by atoms with Gasteiger partial charge in [-0.2, -0.15) is 0 Å². The molecule has 0 saturated heterocycles. The van der Waals surface area contributed by atoms with Crippen molar-refractivity contribution in [2.75, 3.05) is 0 Å². The van der Waals surface area contributed by atoms with Crippen LogP contribution in [0, 0.1) is 11.8 Å². The molecule has 2 nitrogen and oxygen atoms in total. The van der Waals surface area contributed by atoms with Gasteiger partial charge in [0.1, 0.15) is 5.75 Å². The van der Waals surface area contributed by atoms with Gasteiger partial charge in [-0.15, -0.1) is 0 Å². The summed E-state index contributed by atoms with van der Waals surface area (Å²) in [6, 6.07) is 8.51. The van der Waals surface area contributed by atoms with Crippen LogP contribution in [-0.4, -0.2) is 11.1 Å². The summed E-state index contributed by atoms with van der Waals surface area (Å²) in [6.45, 7) is 6.94. The number of benzene rings is 1. The second-order valence-corrected chi connectivity index (χ2v) is 5.85. The molecule has 0 heterocycles. The Morgan fingerprint density at radius 3 is 2.50 bits per heavy atom. The molecule has 0 radical (unpaired) electrons. The maximum atomic E-state index is 9.32. The van der Waals surface area contributed by atoms with Gasteiger partial charge in [-0.1, -0.05) is 38.8 Å². The third kappa shape index (κ3) is 3.05. The lowest BCUT2D eigenvalue weighted by Crippen LogP contribution is -2.41. The molecule has 1 fully saturated rings. The molecule has 4 unspecified atom stereocenters. The minimum Gasteiger partial charge on any atom is -0.508 e. The minimum absolute atomic E-state index is 0.339. The Balaban J connectivity index is 1.98. The van der Waals surface area contributed by atoms with E-state index in [4.69, 9.17) is 0 Å². The van der Waals surface area contributed by atoms with E-state index < -0.39 is 0 Å². The fourth-order valence-corrected chi connectivity index (χ4v) is 3.00. The van der Waals surface area contributed by atoms with Crippen molar-refractivity contribution in [2.45, 2.75) is 52.1 Å². The molecule has 0 spiro atoms. The highest BCUT2D eigenvalue weighted by molar-refractivity contribution is 5.27. The number of phenols is 1. The Labute approximate surface area is 110 Å². The maximum Gasteiger partial charge on any atom is 0.115 e. The fourth-order valence-electron chi connectivity index (χ4n) is 3.00. The van der Waals surface area contributed by atoms with Gasteiger partial charge in [0.25, 0.3) is 0 Å². The molecule has 1 aromatic carbocycles. The van der Waals surface area contributed by atoms with Crippen LogP contribution >= 0.6 is 0 Å². The number of hydrogen-bond donors (Lipinski definition) is 2. The molecule has 1 saturated carbocycles. The van der Waals surface area contributed by atoms with E-state index in [0.717, 1.165) is 11.8 Å². The predicted octanol–water partition coefficient (Wildman–Crippen LogP) is 3.87. The van der Waals surface area contributed by atoms with E-state index in [2.05, 4.69) is 26.1 Å². The van der Waals surface area contributed by atoms with Crippen LogP contribution in [0.5, 0.6) is 5.75 Å². The van der Waals surface area contributed by atoms with Crippen molar-refractivity contribution in [1.29, 1.82) is 0 Å². The Morgan fingerprint density at radius 2 is 1.83 bits per heavy atom. The number of aromatic hydroxyl groups is 1. The predicted molar refractivity (Wildman–Crippen MR) is 75.6 cm³/mol. The summed E-state index contributed by atoms with van der Waals surface area (Å²) in [5.41, 5.74) is 1.25. The number of hydrogen-bond acceptors (Lipinski definition) is 2. The van der Waals surface area contributed by atoms with Gasteiger partial charge in [0.15, 0.2) is 0 Å². The summed E-state index contributed by atoms with van der Waals surface area (Å²) in [5.74, 6) is 1.91. The highest BCUT2D eigenvalue weighted by Gasteiger charge is 2.27. The largest absolute Gasteiger partial charge is 0.508 e. The molecule has 0 amide bonds. The Bertz CT molecular complexity index is 373. The van der Waals surface area contributed by atoms with E-state index in [1.165, 1.54) is 24.8 Å². The van der Waals surface area contributed by atoms with Crippen LogP contribution in [0.3, 0.4) is 0 Å².